The van der Waals surface area contributed by atoms with Crippen LogP contribution in [0.15, 0.2) is 6.20 Å². The third-order valence-electron chi connectivity index (χ3n) is 4.58. The Hall–Kier alpha value is -1.40. The molecule has 0 unspecified atom stereocenters. The molecule has 0 spiro atoms. The molecule has 1 fully saturated rings. The Morgan fingerprint density at radius 2 is 2.32 bits per heavy atom. The number of anilines is 1. The first-order valence-electron chi connectivity index (χ1n) is 8.52. The van der Waals surface area contributed by atoms with Crippen molar-refractivity contribution in [3.05, 3.63) is 33.0 Å². The van der Waals surface area contributed by atoms with Crippen molar-refractivity contribution >= 4 is 62.5 Å². The Morgan fingerprint density at radius 1 is 1.57 bits per heavy atom. The summed E-state index contributed by atoms with van der Waals surface area (Å²) in [6.45, 7) is 2.40. The van der Waals surface area contributed by atoms with Crippen LogP contribution in [0.5, 0.6) is 0 Å². The third-order valence-corrected chi connectivity index (χ3v) is 6.89. The van der Waals surface area contributed by atoms with E-state index in [9.17, 15) is 14.0 Å². The van der Waals surface area contributed by atoms with Crippen LogP contribution in [-0.2, 0) is 9.16 Å². The largest absolute Gasteiger partial charge is 0.465 e. The maximum Gasteiger partial charge on any atom is 0.349 e. The van der Waals surface area contributed by atoms with Crippen LogP contribution in [0.2, 0.25) is 5.02 Å². The van der Waals surface area contributed by atoms with Gasteiger partial charge in [0.25, 0.3) is 5.91 Å². The summed E-state index contributed by atoms with van der Waals surface area (Å²) in [5.74, 6) is -0.821. The van der Waals surface area contributed by atoms with E-state index in [2.05, 4.69) is 42.6 Å². The van der Waals surface area contributed by atoms with Gasteiger partial charge in [0.2, 0.25) is 0 Å². The van der Waals surface area contributed by atoms with E-state index in [0.717, 1.165) is 22.6 Å². The zero-order valence-electron chi connectivity index (χ0n) is 15.2. The topological polar surface area (TPSA) is 87.3 Å². The number of hydrogen-bond donors (Lipinski definition) is 2. The van der Waals surface area contributed by atoms with E-state index in [0.29, 0.717) is 38.1 Å². The molecule has 11 heteroatoms. The monoisotopic (exact) mass is 540 g/mol. The Labute approximate surface area is 184 Å². The molecular formula is C17H19ClFIN4O3S. The van der Waals surface area contributed by atoms with E-state index < -0.39 is 18.2 Å². The van der Waals surface area contributed by atoms with E-state index in [4.69, 9.17) is 11.6 Å². The number of nitrogens with zero attached hydrogens (tertiary/aromatic N) is 2. The van der Waals surface area contributed by atoms with Gasteiger partial charge in [-0.2, -0.15) is 0 Å². The number of nitrogens with one attached hydrogen (secondary N) is 2. The summed E-state index contributed by atoms with van der Waals surface area (Å²) in [4.78, 5) is 33.5. The summed E-state index contributed by atoms with van der Waals surface area (Å²) >= 11 is 9.52. The first-order valence-corrected chi connectivity index (χ1v) is 11.2. The molecule has 1 aliphatic heterocycles. The number of methoxy groups -OCH3 is 1. The number of H-pyrrole nitrogens is 1. The number of aromatic nitrogens is 2. The molecule has 0 aromatic carbocycles. The molecule has 1 aliphatic rings. The molecule has 2 aromatic rings. The van der Waals surface area contributed by atoms with Crippen molar-refractivity contribution in [3.63, 3.8) is 0 Å². The Morgan fingerprint density at radius 3 is 2.96 bits per heavy atom. The van der Waals surface area contributed by atoms with E-state index >= 15 is 0 Å². The molecule has 7 nitrogen and oxygen atoms in total. The summed E-state index contributed by atoms with van der Waals surface area (Å²) in [5, 5.41) is 3.88. The van der Waals surface area contributed by atoms with Crippen LogP contribution in [0.4, 0.5) is 9.52 Å². The number of carbonyl (C=O) groups excluding carboxylic acids is 2. The highest BCUT2D eigenvalue weighted by molar-refractivity contribution is 14.1. The van der Waals surface area contributed by atoms with Crippen LogP contribution in [0.25, 0.3) is 0 Å². The van der Waals surface area contributed by atoms with Gasteiger partial charge in [-0.15, -0.1) is 0 Å². The van der Waals surface area contributed by atoms with Crippen molar-refractivity contribution in [2.45, 2.75) is 30.0 Å². The van der Waals surface area contributed by atoms with Crippen LogP contribution in [0.1, 0.15) is 37.8 Å². The van der Waals surface area contributed by atoms with Crippen molar-refractivity contribution in [1.29, 1.82) is 0 Å². The second-order valence-corrected chi connectivity index (χ2v) is 8.53. The molecule has 152 valence electrons. The second-order valence-electron chi connectivity index (χ2n) is 6.38. The standard InChI is InChI=1S/C17H19ClFIN4O3S/c1-8-13(18)9(5-20)14(22-8)15(25)23-11-3-4-24(7-10(11)19)17-21-6-12(28-17)16(26)27-2/h6,10-11,22H,3-5,7H2,1-2H3,(H,23,25)/t10-,11+/m0/s1. The summed E-state index contributed by atoms with van der Waals surface area (Å²) in [6.07, 6.45) is 0.584. The van der Waals surface area contributed by atoms with Crippen LogP contribution in [0.3, 0.4) is 0 Å². The number of amides is 1. The number of aromatic amines is 1. The SMILES string of the molecule is COC(=O)c1cnc(N2CC[C@@H](NC(=O)c3[nH]c(C)c(Cl)c3CI)[C@@H](F)C2)s1. The van der Waals surface area contributed by atoms with E-state index in [1.54, 1.807) is 11.8 Å². The minimum absolute atomic E-state index is 0.0860. The molecule has 3 heterocycles. The lowest BCUT2D eigenvalue weighted by molar-refractivity contribution is 0.0606. The van der Waals surface area contributed by atoms with Crippen molar-refractivity contribution in [1.82, 2.24) is 15.3 Å². The van der Waals surface area contributed by atoms with Gasteiger partial charge < -0.3 is 19.9 Å². The van der Waals surface area contributed by atoms with Gasteiger partial charge in [-0.1, -0.05) is 45.5 Å². The van der Waals surface area contributed by atoms with E-state index in [-0.39, 0.29) is 12.5 Å². The number of aryl methyl sites for hydroxylation is 1. The number of thiazole rings is 1. The molecule has 0 radical (unpaired) electrons. The van der Waals surface area contributed by atoms with Crippen LogP contribution < -0.4 is 10.2 Å². The molecular weight excluding hydrogens is 522 g/mol. The normalized spacial score (nSPS) is 19.5. The van der Waals surface area contributed by atoms with Gasteiger partial charge in [-0.3, -0.25) is 4.79 Å². The summed E-state index contributed by atoms with van der Waals surface area (Å²) in [5.41, 5.74) is 1.83. The lowest BCUT2D eigenvalue weighted by Crippen LogP contribution is -2.52. The number of hydrogen-bond acceptors (Lipinski definition) is 6. The summed E-state index contributed by atoms with van der Waals surface area (Å²) in [7, 11) is 1.30. The fourth-order valence-electron chi connectivity index (χ4n) is 3.06. The molecule has 0 bridgehead atoms. The molecule has 2 aromatic heterocycles. The molecule has 1 amide bonds. The molecule has 28 heavy (non-hydrogen) atoms. The minimum Gasteiger partial charge on any atom is -0.465 e. The van der Waals surface area contributed by atoms with Gasteiger partial charge in [0.15, 0.2) is 5.13 Å². The van der Waals surface area contributed by atoms with Crippen molar-refractivity contribution < 1.29 is 18.7 Å². The minimum atomic E-state index is -1.27. The first-order chi connectivity index (χ1) is 13.3. The predicted octanol–water partition coefficient (Wildman–Crippen LogP) is 3.50. The molecule has 2 atom stereocenters. The number of alkyl halides is 2. The van der Waals surface area contributed by atoms with E-state index in [1.165, 1.54) is 13.3 Å². The van der Waals surface area contributed by atoms with E-state index in [1.807, 2.05) is 0 Å². The summed E-state index contributed by atoms with van der Waals surface area (Å²) in [6, 6.07) is -0.603. The zero-order chi connectivity index (χ0) is 20.4. The highest BCUT2D eigenvalue weighted by Gasteiger charge is 2.33. The Bertz CT molecular complexity index is 890. The predicted molar refractivity (Wildman–Crippen MR) is 115 cm³/mol. The highest BCUT2D eigenvalue weighted by atomic mass is 127. The Balaban J connectivity index is 1.64. The van der Waals surface area contributed by atoms with Crippen LogP contribution >= 0.6 is 45.5 Å². The third kappa shape index (κ3) is 4.28. The van der Waals surface area contributed by atoms with Crippen molar-refractivity contribution in [2.24, 2.45) is 0 Å². The average Bonchev–Trinajstić information content (AvgIpc) is 3.28. The number of rotatable bonds is 5. The van der Waals surface area contributed by atoms with Gasteiger partial charge in [0, 0.05) is 22.2 Å². The number of ether oxygens (including phenoxy) is 1. The van der Waals surface area contributed by atoms with Gasteiger partial charge >= 0.3 is 5.97 Å². The molecule has 1 saturated heterocycles. The summed E-state index contributed by atoms with van der Waals surface area (Å²) < 4.78 is 20.0. The average molecular weight is 541 g/mol. The highest BCUT2D eigenvalue weighted by Crippen LogP contribution is 2.29. The van der Waals surface area contributed by atoms with Crippen molar-refractivity contribution in [2.75, 3.05) is 25.1 Å². The van der Waals surface area contributed by atoms with Crippen molar-refractivity contribution in [3.8, 4) is 0 Å². The molecule has 2 N–H and O–H groups in total. The molecule has 3 rings (SSSR count). The fourth-order valence-corrected chi connectivity index (χ4v) is 5.13. The number of esters is 1. The van der Waals surface area contributed by atoms with Crippen LogP contribution in [0, 0.1) is 6.92 Å². The fraction of sp³-hybridized carbons (Fsp3) is 0.471. The number of piperidine rings is 1. The smallest absolute Gasteiger partial charge is 0.349 e. The number of carbonyl (C=O) groups is 2. The zero-order valence-corrected chi connectivity index (χ0v) is 19.0. The lowest BCUT2D eigenvalue weighted by Gasteiger charge is -2.34. The van der Waals surface area contributed by atoms with Gasteiger partial charge in [-0.25, -0.2) is 14.2 Å². The first kappa shape index (κ1) is 21.3. The Kier molecular flexibility index (Phi) is 6.81. The lowest BCUT2D eigenvalue weighted by atomic mass is 10.0. The quantitative estimate of drug-likeness (QED) is 0.344. The maximum atomic E-state index is 14.7. The number of halogens is 3. The second kappa shape index (κ2) is 8.95. The maximum absolute atomic E-state index is 14.7. The molecule has 0 aliphatic carbocycles. The van der Waals surface area contributed by atoms with Gasteiger partial charge in [0.1, 0.15) is 16.7 Å². The van der Waals surface area contributed by atoms with Gasteiger partial charge in [-0.05, 0) is 13.3 Å². The van der Waals surface area contributed by atoms with Gasteiger partial charge in [0.05, 0.1) is 30.9 Å². The molecule has 0 saturated carbocycles. The van der Waals surface area contributed by atoms with Crippen LogP contribution in [-0.4, -0.2) is 54.3 Å².